The van der Waals surface area contributed by atoms with Crippen molar-refractivity contribution in [3.63, 3.8) is 0 Å². The summed E-state index contributed by atoms with van der Waals surface area (Å²) in [5.41, 5.74) is 1.81. The van der Waals surface area contributed by atoms with Crippen molar-refractivity contribution in [1.82, 2.24) is 0 Å². The summed E-state index contributed by atoms with van der Waals surface area (Å²) >= 11 is 5.95. The number of para-hydroxylation sites is 1. The van der Waals surface area contributed by atoms with Crippen molar-refractivity contribution >= 4 is 23.2 Å². The monoisotopic (exact) mass is 317 g/mol. The first-order chi connectivity index (χ1) is 10.4. The number of hydrogen-bond acceptors (Lipinski definition) is 2. The topological polar surface area (TPSA) is 38.3 Å². The number of methoxy groups -OCH3 is 1. The van der Waals surface area contributed by atoms with Crippen LogP contribution < -0.4 is 10.1 Å². The summed E-state index contributed by atoms with van der Waals surface area (Å²) in [5.74, 6) is 0.609. The first-order valence-electron chi connectivity index (χ1n) is 7.07. The van der Waals surface area contributed by atoms with Gasteiger partial charge in [-0.15, -0.1) is 0 Å². The number of rotatable bonds is 4. The van der Waals surface area contributed by atoms with Gasteiger partial charge in [0.15, 0.2) is 0 Å². The van der Waals surface area contributed by atoms with Gasteiger partial charge in [0, 0.05) is 16.3 Å². The van der Waals surface area contributed by atoms with Crippen LogP contribution >= 0.6 is 11.6 Å². The predicted molar refractivity (Wildman–Crippen MR) is 90.8 cm³/mol. The molecule has 0 atom stereocenters. The highest BCUT2D eigenvalue weighted by Gasteiger charge is 2.32. The van der Waals surface area contributed by atoms with Crippen LogP contribution in [0.15, 0.2) is 42.5 Å². The van der Waals surface area contributed by atoms with E-state index in [1.165, 1.54) is 0 Å². The predicted octanol–water partition coefficient (Wildman–Crippen LogP) is 4.57. The van der Waals surface area contributed by atoms with Crippen LogP contribution in [-0.4, -0.2) is 13.0 Å². The Morgan fingerprint density at radius 3 is 2.50 bits per heavy atom. The second-order valence-electron chi connectivity index (χ2n) is 5.74. The standard InChI is InChI=1S/C18H20ClNO2/c1-12-11-13(19)9-10-15(12)20-17(21)18(2,3)14-7-5-6-8-16(14)22-4/h5-11H,1-4H3,(H,20,21). The van der Waals surface area contributed by atoms with Crippen LogP contribution in [0.5, 0.6) is 5.75 Å². The molecule has 1 N–H and O–H groups in total. The van der Waals surface area contributed by atoms with Crippen LogP contribution in [0, 0.1) is 6.92 Å². The Bertz CT molecular complexity index is 695. The zero-order chi connectivity index (χ0) is 16.3. The molecule has 2 rings (SSSR count). The van der Waals surface area contributed by atoms with Gasteiger partial charge in [-0.25, -0.2) is 0 Å². The van der Waals surface area contributed by atoms with E-state index in [-0.39, 0.29) is 5.91 Å². The molecule has 0 heterocycles. The van der Waals surface area contributed by atoms with Crippen molar-refractivity contribution in [2.45, 2.75) is 26.2 Å². The summed E-state index contributed by atoms with van der Waals surface area (Å²) in [6.07, 6.45) is 0. The zero-order valence-electron chi connectivity index (χ0n) is 13.2. The number of carbonyl (C=O) groups is 1. The molecule has 0 bridgehead atoms. The molecular formula is C18H20ClNO2. The van der Waals surface area contributed by atoms with Crippen LogP contribution in [0.2, 0.25) is 5.02 Å². The number of carbonyl (C=O) groups excluding carboxylic acids is 1. The molecule has 1 amide bonds. The van der Waals surface area contributed by atoms with E-state index in [1.54, 1.807) is 13.2 Å². The SMILES string of the molecule is COc1ccccc1C(C)(C)C(=O)Nc1ccc(Cl)cc1C. The highest BCUT2D eigenvalue weighted by Crippen LogP contribution is 2.33. The highest BCUT2D eigenvalue weighted by atomic mass is 35.5. The number of ether oxygens (including phenoxy) is 1. The average Bonchev–Trinajstić information content (AvgIpc) is 2.49. The number of halogens is 1. The summed E-state index contributed by atoms with van der Waals surface area (Å²) in [7, 11) is 1.61. The number of benzene rings is 2. The summed E-state index contributed by atoms with van der Waals surface area (Å²) < 4.78 is 5.37. The Labute approximate surface area is 136 Å². The molecule has 116 valence electrons. The fourth-order valence-electron chi connectivity index (χ4n) is 2.33. The second-order valence-corrected chi connectivity index (χ2v) is 6.18. The maximum absolute atomic E-state index is 12.7. The largest absolute Gasteiger partial charge is 0.496 e. The smallest absolute Gasteiger partial charge is 0.234 e. The van der Waals surface area contributed by atoms with Crippen molar-refractivity contribution in [2.75, 3.05) is 12.4 Å². The third-order valence-electron chi connectivity index (χ3n) is 3.78. The van der Waals surface area contributed by atoms with Crippen molar-refractivity contribution < 1.29 is 9.53 Å². The van der Waals surface area contributed by atoms with Gasteiger partial charge in [-0.2, -0.15) is 0 Å². The van der Waals surface area contributed by atoms with Crippen LogP contribution in [0.25, 0.3) is 0 Å². The van der Waals surface area contributed by atoms with E-state index in [1.807, 2.05) is 57.2 Å². The average molecular weight is 318 g/mol. The fraction of sp³-hybridized carbons (Fsp3) is 0.278. The van der Waals surface area contributed by atoms with E-state index in [4.69, 9.17) is 16.3 Å². The van der Waals surface area contributed by atoms with E-state index in [0.29, 0.717) is 10.8 Å². The second kappa shape index (κ2) is 6.41. The lowest BCUT2D eigenvalue weighted by atomic mass is 9.83. The minimum Gasteiger partial charge on any atom is -0.496 e. The van der Waals surface area contributed by atoms with Crippen LogP contribution in [0.1, 0.15) is 25.0 Å². The van der Waals surface area contributed by atoms with Gasteiger partial charge in [-0.1, -0.05) is 29.8 Å². The van der Waals surface area contributed by atoms with E-state index in [2.05, 4.69) is 5.32 Å². The maximum atomic E-state index is 12.7. The lowest BCUT2D eigenvalue weighted by Crippen LogP contribution is -2.35. The number of amides is 1. The van der Waals surface area contributed by atoms with E-state index < -0.39 is 5.41 Å². The highest BCUT2D eigenvalue weighted by molar-refractivity contribution is 6.30. The zero-order valence-corrected chi connectivity index (χ0v) is 14.0. The molecule has 0 aromatic heterocycles. The Morgan fingerprint density at radius 2 is 1.86 bits per heavy atom. The molecule has 3 nitrogen and oxygen atoms in total. The molecule has 0 saturated carbocycles. The van der Waals surface area contributed by atoms with E-state index in [9.17, 15) is 4.79 Å². The summed E-state index contributed by atoms with van der Waals surface area (Å²) in [4.78, 5) is 12.7. The summed E-state index contributed by atoms with van der Waals surface area (Å²) in [5, 5.41) is 3.63. The first-order valence-corrected chi connectivity index (χ1v) is 7.45. The van der Waals surface area contributed by atoms with Gasteiger partial charge in [0.1, 0.15) is 5.75 Å². The molecule has 0 aliphatic rings. The molecule has 2 aromatic carbocycles. The lowest BCUT2D eigenvalue weighted by molar-refractivity contribution is -0.120. The quantitative estimate of drug-likeness (QED) is 0.896. The van der Waals surface area contributed by atoms with Crippen molar-refractivity contribution in [1.29, 1.82) is 0 Å². The van der Waals surface area contributed by atoms with Crippen molar-refractivity contribution in [2.24, 2.45) is 0 Å². The number of hydrogen-bond donors (Lipinski definition) is 1. The van der Waals surface area contributed by atoms with E-state index >= 15 is 0 Å². The summed E-state index contributed by atoms with van der Waals surface area (Å²) in [6, 6.07) is 13.0. The van der Waals surface area contributed by atoms with Gasteiger partial charge in [0.05, 0.1) is 12.5 Å². The molecule has 2 aromatic rings. The Balaban J connectivity index is 2.31. The molecule has 0 unspecified atom stereocenters. The summed E-state index contributed by atoms with van der Waals surface area (Å²) in [6.45, 7) is 5.68. The molecule has 0 fully saturated rings. The number of aryl methyl sites for hydroxylation is 1. The molecule has 22 heavy (non-hydrogen) atoms. The number of nitrogens with one attached hydrogen (secondary N) is 1. The fourth-order valence-corrected chi connectivity index (χ4v) is 2.56. The normalized spacial score (nSPS) is 11.1. The number of anilines is 1. The van der Waals surface area contributed by atoms with Crippen LogP contribution in [0.3, 0.4) is 0 Å². The first kappa shape index (κ1) is 16.4. The van der Waals surface area contributed by atoms with Gasteiger partial charge >= 0.3 is 0 Å². The molecule has 0 radical (unpaired) electrons. The lowest BCUT2D eigenvalue weighted by Gasteiger charge is -2.26. The third kappa shape index (κ3) is 3.25. The Hall–Kier alpha value is -2.00. The molecular weight excluding hydrogens is 298 g/mol. The molecule has 4 heteroatoms. The third-order valence-corrected chi connectivity index (χ3v) is 4.02. The van der Waals surface area contributed by atoms with Crippen LogP contribution in [-0.2, 0) is 10.2 Å². The van der Waals surface area contributed by atoms with Crippen LogP contribution in [0.4, 0.5) is 5.69 Å². The Morgan fingerprint density at radius 1 is 1.18 bits per heavy atom. The van der Waals surface area contributed by atoms with Crippen molar-refractivity contribution in [3.05, 3.63) is 58.6 Å². The van der Waals surface area contributed by atoms with E-state index in [0.717, 1.165) is 16.8 Å². The molecule has 0 aliphatic heterocycles. The van der Waals surface area contributed by atoms with Gasteiger partial charge in [-0.3, -0.25) is 4.79 Å². The van der Waals surface area contributed by atoms with Crippen molar-refractivity contribution in [3.8, 4) is 5.75 Å². The molecule has 0 aliphatic carbocycles. The molecule has 0 spiro atoms. The van der Waals surface area contributed by atoms with Gasteiger partial charge in [0.2, 0.25) is 5.91 Å². The maximum Gasteiger partial charge on any atom is 0.234 e. The van der Waals surface area contributed by atoms with Gasteiger partial charge in [0.25, 0.3) is 0 Å². The Kier molecular flexibility index (Phi) is 4.77. The molecule has 0 saturated heterocycles. The van der Waals surface area contributed by atoms with Gasteiger partial charge in [-0.05, 0) is 50.6 Å². The minimum absolute atomic E-state index is 0.0950. The minimum atomic E-state index is -0.724. The van der Waals surface area contributed by atoms with Gasteiger partial charge < -0.3 is 10.1 Å².